The molecular weight excluding hydrogens is 552 g/mol. The summed E-state index contributed by atoms with van der Waals surface area (Å²) in [6.45, 7) is 13.1. The molecule has 4 saturated carbocycles. The third-order valence-corrected chi connectivity index (χ3v) is 13.2. The van der Waals surface area contributed by atoms with Crippen molar-refractivity contribution < 1.29 is 20.1 Å². The fourth-order valence-electron chi connectivity index (χ4n) is 10.7. The summed E-state index contributed by atoms with van der Waals surface area (Å²) in [6, 6.07) is 0. The Bertz CT molecular complexity index is 888. The van der Waals surface area contributed by atoms with Gasteiger partial charge in [-0.15, -0.1) is 0 Å². The number of nitrogens with one attached hydrogen (secondary N) is 3. The SMILES string of the molecule is C[C@H](CCC(=O)NCCCCCNCCCNCCCCN)[C@H]1CCC2C3CC[C@@H]4CC(O)(O)C(O)C[C@]4(C)C3CC[C@@]21C. The van der Waals surface area contributed by atoms with Crippen LogP contribution in [-0.2, 0) is 4.79 Å². The molecule has 4 aliphatic carbocycles. The van der Waals surface area contributed by atoms with Crippen LogP contribution < -0.4 is 21.7 Å². The summed E-state index contributed by atoms with van der Waals surface area (Å²) in [5.74, 6) is 1.75. The lowest BCUT2D eigenvalue weighted by atomic mass is 9.44. The molecule has 0 spiro atoms. The highest BCUT2D eigenvalue weighted by Crippen LogP contribution is 2.68. The van der Waals surface area contributed by atoms with E-state index in [0.29, 0.717) is 54.3 Å². The first kappa shape index (κ1) is 36.1. The number of carbonyl (C=O) groups is 1. The van der Waals surface area contributed by atoms with E-state index in [0.717, 1.165) is 90.6 Å². The quantitative estimate of drug-likeness (QED) is 0.0895. The summed E-state index contributed by atoms with van der Waals surface area (Å²) >= 11 is 0. The third kappa shape index (κ3) is 8.57. The van der Waals surface area contributed by atoms with Crippen molar-refractivity contribution in [2.45, 2.75) is 135 Å². The first-order valence-electron chi connectivity index (χ1n) is 18.5. The fraction of sp³-hybridized carbons (Fsp3) is 0.972. The van der Waals surface area contributed by atoms with Crippen LogP contribution in [0.5, 0.6) is 0 Å². The highest BCUT2D eigenvalue weighted by molar-refractivity contribution is 5.75. The van der Waals surface area contributed by atoms with Gasteiger partial charge >= 0.3 is 0 Å². The zero-order valence-corrected chi connectivity index (χ0v) is 28.4. The van der Waals surface area contributed by atoms with Crippen LogP contribution in [0.3, 0.4) is 0 Å². The minimum Gasteiger partial charge on any atom is -0.388 e. The summed E-state index contributed by atoms with van der Waals surface area (Å²) in [5.41, 5.74) is 5.85. The molecule has 4 fully saturated rings. The fourth-order valence-corrected chi connectivity index (χ4v) is 10.7. The van der Waals surface area contributed by atoms with Gasteiger partial charge in [0.15, 0.2) is 5.79 Å². The number of fused-ring (bicyclic) bond motifs is 5. The molecule has 0 heterocycles. The Morgan fingerprint density at radius 3 is 2.20 bits per heavy atom. The van der Waals surface area contributed by atoms with E-state index >= 15 is 0 Å². The van der Waals surface area contributed by atoms with Crippen molar-refractivity contribution in [2.75, 3.05) is 39.3 Å². The molecule has 0 radical (unpaired) electrons. The van der Waals surface area contributed by atoms with Crippen LogP contribution in [0.2, 0.25) is 0 Å². The monoisotopic (exact) mass is 621 g/mol. The van der Waals surface area contributed by atoms with Crippen molar-refractivity contribution in [3.05, 3.63) is 0 Å². The molecule has 9 atom stereocenters. The first-order valence-corrected chi connectivity index (χ1v) is 18.5. The lowest BCUT2D eigenvalue weighted by Gasteiger charge is -2.62. The molecule has 256 valence electrons. The average Bonchev–Trinajstić information content (AvgIpc) is 3.34. The number of hydrogen-bond donors (Lipinski definition) is 7. The Hall–Kier alpha value is -0.770. The van der Waals surface area contributed by atoms with Crippen LogP contribution in [0.25, 0.3) is 0 Å². The van der Waals surface area contributed by atoms with Gasteiger partial charge in [0.05, 0.1) is 0 Å². The Morgan fingerprint density at radius 1 is 0.818 bits per heavy atom. The van der Waals surface area contributed by atoms with E-state index in [9.17, 15) is 20.1 Å². The number of carbonyl (C=O) groups excluding carboxylic acids is 1. The van der Waals surface area contributed by atoms with Crippen molar-refractivity contribution in [3.8, 4) is 0 Å². The summed E-state index contributed by atoms with van der Waals surface area (Å²) < 4.78 is 0. The summed E-state index contributed by atoms with van der Waals surface area (Å²) in [7, 11) is 0. The van der Waals surface area contributed by atoms with Gasteiger partial charge < -0.3 is 37.0 Å². The van der Waals surface area contributed by atoms with Gasteiger partial charge in [0, 0.05) is 19.4 Å². The number of aliphatic hydroxyl groups excluding tert-OH is 1. The molecular formula is C36H68N4O4. The zero-order chi connectivity index (χ0) is 31.8. The Balaban J connectivity index is 1.10. The number of aliphatic hydroxyl groups is 3. The third-order valence-electron chi connectivity index (χ3n) is 13.2. The van der Waals surface area contributed by atoms with Gasteiger partial charge in [-0.25, -0.2) is 0 Å². The molecule has 8 heteroatoms. The van der Waals surface area contributed by atoms with Gasteiger partial charge in [-0.05, 0) is 163 Å². The summed E-state index contributed by atoms with van der Waals surface area (Å²) in [4.78, 5) is 12.7. The predicted molar refractivity (Wildman–Crippen MR) is 178 cm³/mol. The van der Waals surface area contributed by atoms with Crippen molar-refractivity contribution in [2.24, 2.45) is 52.1 Å². The van der Waals surface area contributed by atoms with E-state index in [-0.39, 0.29) is 17.2 Å². The van der Waals surface area contributed by atoms with Gasteiger partial charge in [0.25, 0.3) is 0 Å². The molecule has 1 amide bonds. The Kier molecular flexibility index (Phi) is 13.4. The van der Waals surface area contributed by atoms with E-state index in [1.54, 1.807) is 0 Å². The molecule has 0 aromatic heterocycles. The molecule has 8 nitrogen and oxygen atoms in total. The molecule has 8 N–H and O–H groups in total. The number of unbranched alkanes of at least 4 members (excludes halogenated alkanes) is 3. The second-order valence-electron chi connectivity index (χ2n) is 16.0. The maximum absolute atomic E-state index is 12.7. The van der Waals surface area contributed by atoms with E-state index in [2.05, 4.69) is 36.7 Å². The van der Waals surface area contributed by atoms with Gasteiger partial charge in [0.1, 0.15) is 6.10 Å². The first-order chi connectivity index (χ1) is 21.0. The van der Waals surface area contributed by atoms with E-state index in [4.69, 9.17) is 5.73 Å². The Labute approximate surface area is 268 Å². The van der Waals surface area contributed by atoms with E-state index in [1.165, 1.54) is 32.1 Å². The summed E-state index contributed by atoms with van der Waals surface area (Å²) in [5, 5.41) is 41.5. The molecule has 0 aromatic rings. The Morgan fingerprint density at radius 2 is 1.48 bits per heavy atom. The van der Waals surface area contributed by atoms with Crippen molar-refractivity contribution >= 4 is 5.91 Å². The lowest BCUT2D eigenvalue weighted by molar-refractivity contribution is -0.284. The van der Waals surface area contributed by atoms with Crippen LogP contribution in [-0.4, -0.2) is 72.4 Å². The highest BCUT2D eigenvalue weighted by Gasteiger charge is 2.63. The topological polar surface area (TPSA) is 140 Å². The van der Waals surface area contributed by atoms with Gasteiger partial charge in [-0.2, -0.15) is 0 Å². The normalized spacial score (nSPS) is 36.7. The van der Waals surface area contributed by atoms with E-state index < -0.39 is 11.9 Å². The number of nitrogens with two attached hydrogens (primary N) is 1. The van der Waals surface area contributed by atoms with Gasteiger partial charge in [0.2, 0.25) is 5.91 Å². The largest absolute Gasteiger partial charge is 0.388 e. The molecule has 4 rings (SSSR count). The van der Waals surface area contributed by atoms with Crippen LogP contribution >= 0.6 is 0 Å². The smallest absolute Gasteiger partial charge is 0.220 e. The second-order valence-corrected chi connectivity index (χ2v) is 16.0. The van der Waals surface area contributed by atoms with Crippen molar-refractivity contribution in [1.29, 1.82) is 0 Å². The minimum absolute atomic E-state index is 0.00109. The number of rotatable bonds is 18. The van der Waals surface area contributed by atoms with Crippen molar-refractivity contribution in [1.82, 2.24) is 16.0 Å². The molecule has 0 saturated heterocycles. The predicted octanol–water partition coefficient (Wildman–Crippen LogP) is 4.31. The van der Waals surface area contributed by atoms with Crippen LogP contribution in [0, 0.1) is 46.3 Å². The molecule has 0 aromatic carbocycles. The lowest BCUT2D eigenvalue weighted by Crippen LogP contribution is -2.60. The minimum atomic E-state index is -1.93. The van der Waals surface area contributed by atoms with Gasteiger partial charge in [-0.3, -0.25) is 4.79 Å². The molecule has 44 heavy (non-hydrogen) atoms. The number of hydrogen-bond acceptors (Lipinski definition) is 7. The van der Waals surface area contributed by atoms with Crippen LogP contribution in [0.15, 0.2) is 0 Å². The number of amides is 1. The molecule has 4 unspecified atom stereocenters. The van der Waals surface area contributed by atoms with Crippen LogP contribution in [0.4, 0.5) is 0 Å². The van der Waals surface area contributed by atoms with E-state index in [1.807, 2.05) is 0 Å². The second kappa shape index (κ2) is 16.4. The average molecular weight is 621 g/mol. The van der Waals surface area contributed by atoms with Crippen molar-refractivity contribution in [3.63, 3.8) is 0 Å². The molecule has 0 aliphatic heterocycles. The zero-order valence-electron chi connectivity index (χ0n) is 28.4. The highest BCUT2D eigenvalue weighted by atomic mass is 16.5. The molecule has 0 bridgehead atoms. The maximum Gasteiger partial charge on any atom is 0.220 e. The van der Waals surface area contributed by atoms with Gasteiger partial charge in [-0.1, -0.05) is 27.2 Å². The summed E-state index contributed by atoms with van der Waals surface area (Å²) in [6.07, 6.45) is 15.3. The molecule has 4 aliphatic rings. The standard InChI is InChI=1S/C36H68N4O4/c1-26(10-15-33(42)40-23-7-4-6-19-38-21-9-22-39-20-8-5-18-37)29-13-14-30-28-12-11-27-24-36(43,44)32(41)25-35(27,3)31(28)16-17-34(29,30)2/h26-32,38-39,41,43-44H,4-25,37H2,1-3H3,(H,40,42)/t26-,27-,28?,29-,30?,31?,32?,34-,35+/m1/s1. The van der Waals surface area contributed by atoms with Crippen LogP contribution in [0.1, 0.15) is 124 Å². The maximum atomic E-state index is 12.7.